The lowest BCUT2D eigenvalue weighted by atomic mass is 10.1. The maximum absolute atomic E-state index is 5.68. The van der Waals surface area contributed by atoms with Gasteiger partial charge in [0.05, 0.1) is 5.69 Å². The van der Waals surface area contributed by atoms with Gasteiger partial charge in [-0.2, -0.15) is 0 Å². The molecule has 0 atom stereocenters. The fourth-order valence-electron chi connectivity index (χ4n) is 2.55. The van der Waals surface area contributed by atoms with Gasteiger partial charge >= 0.3 is 0 Å². The molecule has 2 N–H and O–H groups in total. The topological polar surface area (TPSA) is 42.1 Å². The second kappa shape index (κ2) is 4.61. The van der Waals surface area contributed by atoms with Crippen LogP contribution < -0.4 is 10.6 Å². The summed E-state index contributed by atoms with van der Waals surface area (Å²) in [5.41, 5.74) is 10.5. The smallest absolute Gasteiger partial charge is 0.180 e. The normalized spacial score (nSPS) is 15.3. The second-order valence-electron chi connectivity index (χ2n) is 4.77. The number of aryl methyl sites for hydroxylation is 1. The van der Waals surface area contributed by atoms with Crippen molar-refractivity contribution >= 4 is 22.2 Å². The number of hydrogen-bond donors (Lipinski definition) is 1. The Balaban J connectivity index is 1.93. The molecule has 3 rings (SSSR count). The summed E-state index contributed by atoms with van der Waals surface area (Å²) < 4.78 is 0. The Hall–Kier alpha value is -1.55. The highest BCUT2D eigenvalue weighted by atomic mass is 32.1. The molecule has 94 valence electrons. The minimum atomic E-state index is 0.631. The summed E-state index contributed by atoms with van der Waals surface area (Å²) in [6, 6.07) is 6.57. The first kappa shape index (κ1) is 11.5. The average molecular weight is 259 g/mol. The molecule has 1 aliphatic rings. The lowest BCUT2D eigenvalue weighted by Crippen LogP contribution is -2.18. The lowest BCUT2D eigenvalue weighted by molar-refractivity contribution is 0.949. The van der Waals surface area contributed by atoms with E-state index in [-0.39, 0.29) is 0 Å². The molecule has 4 heteroatoms. The van der Waals surface area contributed by atoms with Crippen molar-refractivity contribution in [3.63, 3.8) is 0 Å². The van der Waals surface area contributed by atoms with Gasteiger partial charge in [-0.05, 0) is 37.5 Å². The van der Waals surface area contributed by atoms with Crippen LogP contribution in [0.1, 0.15) is 18.4 Å². The van der Waals surface area contributed by atoms with Crippen LogP contribution in [0.3, 0.4) is 0 Å². The molecule has 2 heterocycles. The first-order valence-corrected chi connectivity index (χ1v) is 7.19. The molecule has 0 amide bonds. The molecule has 1 saturated heterocycles. The van der Waals surface area contributed by atoms with E-state index in [0.29, 0.717) is 5.13 Å². The fourth-order valence-corrected chi connectivity index (χ4v) is 3.12. The summed E-state index contributed by atoms with van der Waals surface area (Å²) in [5.74, 6) is 0. The summed E-state index contributed by atoms with van der Waals surface area (Å²) in [6.45, 7) is 4.54. The van der Waals surface area contributed by atoms with E-state index in [0.717, 1.165) is 11.3 Å². The van der Waals surface area contributed by atoms with Crippen LogP contribution in [0, 0.1) is 6.92 Å². The number of rotatable bonds is 2. The third-order valence-electron chi connectivity index (χ3n) is 3.46. The van der Waals surface area contributed by atoms with Crippen LogP contribution in [0.5, 0.6) is 0 Å². The van der Waals surface area contributed by atoms with Gasteiger partial charge in [0.2, 0.25) is 0 Å². The molecule has 1 aliphatic heterocycles. The van der Waals surface area contributed by atoms with Gasteiger partial charge in [-0.1, -0.05) is 6.07 Å². The highest BCUT2D eigenvalue weighted by Gasteiger charge is 2.14. The Labute approximate surface area is 111 Å². The van der Waals surface area contributed by atoms with Crippen LogP contribution in [-0.4, -0.2) is 18.1 Å². The first-order valence-electron chi connectivity index (χ1n) is 6.31. The van der Waals surface area contributed by atoms with E-state index in [2.05, 4.69) is 35.0 Å². The monoisotopic (exact) mass is 259 g/mol. The van der Waals surface area contributed by atoms with E-state index >= 15 is 0 Å². The number of nitrogens with zero attached hydrogens (tertiary/aromatic N) is 2. The SMILES string of the molecule is Cc1cc(-c2csc(N)n2)ccc1N1CCCC1. The summed E-state index contributed by atoms with van der Waals surface area (Å²) in [7, 11) is 0. The third kappa shape index (κ3) is 2.08. The number of nitrogen functional groups attached to an aromatic ring is 1. The lowest BCUT2D eigenvalue weighted by Gasteiger charge is -2.20. The summed E-state index contributed by atoms with van der Waals surface area (Å²) >= 11 is 1.49. The predicted molar refractivity (Wildman–Crippen MR) is 78.1 cm³/mol. The Morgan fingerprint density at radius 1 is 1.28 bits per heavy atom. The molecule has 0 spiro atoms. The zero-order valence-corrected chi connectivity index (χ0v) is 11.3. The third-order valence-corrected chi connectivity index (χ3v) is 4.14. The minimum Gasteiger partial charge on any atom is -0.375 e. The zero-order chi connectivity index (χ0) is 12.5. The van der Waals surface area contributed by atoms with Crippen molar-refractivity contribution in [2.75, 3.05) is 23.7 Å². The molecule has 0 unspecified atom stereocenters. The van der Waals surface area contributed by atoms with Crippen molar-refractivity contribution in [3.05, 3.63) is 29.1 Å². The van der Waals surface area contributed by atoms with Gasteiger partial charge in [-0.15, -0.1) is 11.3 Å². The highest BCUT2D eigenvalue weighted by Crippen LogP contribution is 2.30. The molecule has 1 fully saturated rings. The molecule has 2 aromatic rings. The van der Waals surface area contributed by atoms with Gasteiger partial charge in [0.1, 0.15) is 0 Å². The number of nitrogens with two attached hydrogens (primary N) is 1. The van der Waals surface area contributed by atoms with Gasteiger partial charge < -0.3 is 10.6 Å². The van der Waals surface area contributed by atoms with Crippen molar-refractivity contribution in [2.45, 2.75) is 19.8 Å². The van der Waals surface area contributed by atoms with E-state index in [1.54, 1.807) is 0 Å². The van der Waals surface area contributed by atoms with Crippen molar-refractivity contribution in [2.24, 2.45) is 0 Å². The number of hydrogen-bond acceptors (Lipinski definition) is 4. The molecular weight excluding hydrogens is 242 g/mol. The Morgan fingerprint density at radius 2 is 2.06 bits per heavy atom. The maximum atomic E-state index is 5.68. The zero-order valence-electron chi connectivity index (χ0n) is 10.5. The largest absolute Gasteiger partial charge is 0.375 e. The number of thiazole rings is 1. The van der Waals surface area contributed by atoms with Crippen molar-refractivity contribution in [1.82, 2.24) is 4.98 Å². The van der Waals surface area contributed by atoms with Crippen LogP contribution in [0.25, 0.3) is 11.3 Å². The molecule has 0 saturated carbocycles. The van der Waals surface area contributed by atoms with Crippen molar-refractivity contribution in [3.8, 4) is 11.3 Å². The summed E-state index contributed by atoms with van der Waals surface area (Å²) in [6.07, 6.45) is 2.62. The molecule has 1 aromatic heterocycles. The predicted octanol–water partition coefficient (Wildman–Crippen LogP) is 3.30. The van der Waals surface area contributed by atoms with E-state index in [1.807, 2.05) is 5.38 Å². The molecule has 18 heavy (non-hydrogen) atoms. The maximum Gasteiger partial charge on any atom is 0.180 e. The standard InChI is InChI=1S/C14H17N3S/c1-10-8-11(12-9-18-14(15)16-12)4-5-13(10)17-6-2-3-7-17/h4-5,8-9H,2-3,6-7H2,1H3,(H2,15,16). The quantitative estimate of drug-likeness (QED) is 0.899. The van der Waals surface area contributed by atoms with Crippen molar-refractivity contribution < 1.29 is 0 Å². The van der Waals surface area contributed by atoms with Crippen LogP contribution >= 0.6 is 11.3 Å². The minimum absolute atomic E-state index is 0.631. The van der Waals surface area contributed by atoms with E-state index in [1.165, 1.54) is 48.5 Å². The molecule has 1 aromatic carbocycles. The average Bonchev–Trinajstić information content (AvgIpc) is 2.99. The van der Waals surface area contributed by atoms with Gasteiger partial charge in [-0.3, -0.25) is 0 Å². The van der Waals surface area contributed by atoms with Gasteiger partial charge in [0.25, 0.3) is 0 Å². The van der Waals surface area contributed by atoms with E-state index in [9.17, 15) is 0 Å². The second-order valence-corrected chi connectivity index (χ2v) is 5.66. The molecule has 0 aliphatic carbocycles. The van der Waals surface area contributed by atoms with Gasteiger partial charge in [0, 0.05) is 29.7 Å². The number of benzene rings is 1. The number of aromatic nitrogens is 1. The Kier molecular flexibility index (Phi) is 2.96. The highest BCUT2D eigenvalue weighted by molar-refractivity contribution is 7.13. The van der Waals surface area contributed by atoms with Crippen LogP contribution in [0.4, 0.5) is 10.8 Å². The Morgan fingerprint density at radius 3 is 2.67 bits per heavy atom. The summed E-state index contributed by atoms with van der Waals surface area (Å²) in [5, 5.41) is 2.64. The van der Waals surface area contributed by atoms with Crippen LogP contribution in [0.2, 0.25) is 0 Å². The number of anilines is 2. The van der Waals surface area contributed by atoms with E-state index < -0.39 is 0 Å². The van der Waals surface area contributed by atoms with Gasteiger partial charge in [-0.25, -0.2) is 4.98 Å². The van der Waals surface area contributed by atoms with Gasteiger partial charge in [0.15, 0.2) is 5.13 Å². The van der Waals surface area contributed by atoms with Crippen molar-refractivity contribution in [1.29, 1.82) is 0 Å². The molecule has 0 bridgehead atoms. The first-order chi connectivity index (χ1) is 8.74. The molecule has 3 nitrogen and oxygen atoms in total. The van der Waals surface area contributed by atoms with Crippen LogP contribution in [-0.2, 0) is 0 Å². The molecular formula is C14H17N3S. The van der Waals surface area contributed by atoms with Crippen LogP contribution in [0.15, 0.2) is 23.6 Å². The molecule has 0 radical (unpaired) electrons. The Bertz CT molecular complexity index is 556. The van der Waals surface area contributed by atoms with E-state index in [4.69, 9.17) is 5.73 Å². The fraction of sp³-hybridized carbons (Fsp3) is 0.357. The summed E-state index contributed by atoms with van der Waals surface area (Å²) in [4.78, 5) is 6.80.